The Morgan fingerprint density at radius 3 is 2.16 bits per heavy atom. The Kier molecular flexibility index (Phi) is 2.94. The first kappa shape index (κ1) is 11.4. The van der Waals surface area contributed by atoms with E-state index in [9.17, 15) is 0 Å². The normalized spacial score (nSPS) is 10.3. The summed E-state index contributed by atoms with van der Waals surface area (Å²) in [6.45, 7) is 0. The lowest BCUT2D eigenvalue weighted by atomic mass is 10.1. The quantitative estimate of drug-likeness (QED) is 0.706. The highest BCUT2D eigenvalue weighted by Crippen LogP contribution is 2.22. The number of benzene rings is 1. The average Bonchev–Trinajstić information content (AvgIpc) is 2.49. The van der Waals surface area contributed by atoms with Gasteiger partial charge in [-0.05, 0) is 35.9 Å². The van der Waals surface area contributed by atoms with Gasteiger partial charge in [0.15, 0.2) is 0 Å². The molecule has 0 amide bonds. The van der Waals surface area contributed by atoms with Crippen LogP contribution < -0.4 is 5.73 Å². The van der Waals surface area contributed by atoms with E-state index in [4.69, 9.17) is 5.73 Å². The Morgan fingerprint density at radius 1 is 0.737 bits per heavy atom. The standard InChI is InChI=1S/C16H13N3/c17-15-6-3-12(4-7-15)13-5-8-16(19-11-13)14-2-1-9-18-10-14/h1-11H,17H2. The van der Waals surface area contributed by atoms with Gasteiger partial charge < -0.3 is 5.73 Å². The monoisotopic (exact) mass is 247 g/mol. The van der Waals surface area contributed by atoms with Crippen LogP contribution in [0.5, 0.6) is 0 Å². The van der Waals surface area contributed by atoms with Gasteiger partial charge in [-0.25, -0.2) is 0 Å². The largest absolute Gasteiger partial charge is 0.399 e. The summed E-state index contributed by atoms with van der Waals surface area (Å²) in [5.74, 6) is 0. The lowest BCUT2D eigenvalue weighted by Gasteiger charge is -2.04. The third kappa shape index (κ3) is 2.45. The summed E-state index contributed by atoms with van der Waals surface area (Å²) in [5.41, 5.74) is 10.6. The van der Waals surface area contributed by atoms with Crippen molar-refractivity contribution in [2.45, 2.75) is 0 Å². The molecule has 0 saturated carbocycles. The van der Waals surface area contributed by atoms with Crippen LogP contribution >= 0.6 is 0 Å². The molecule has 0 atom stereocenters. The predicted molar refractivity (Wildman–Crippen MR) is 77.3 cm³/mol. The van der Waals surface area contributed by atoms with Crippen LogP contribution in [0.4, 0.5) is 5.69 Å². The van der Waals surface area contributed by atoms with Gasteiger partial charge in [-0.2, -0.15) is 0 Å². The summed E-state index contributed by atoms with van der Waals surface area (Å²) >= 11 is 0. The van der Waals surface area contributed by atoms with Crippen molar-refractivity contribution >= 4 is 5.69 Å². The number of nitrogens with two attached hydrogens (primary N) is 1. The van der Waals surface area contributed by atoms with Crippen LogP contribution in [0.1, 0.15) is 0 Å². The molecule has 0 fully saturated rings. The van der Waals surface area contributed by atoms with Gasteiger partial charge in [0.25, 0.3) is 0 Å². The van der Waals surface area contributed by atoms with Crippen LogP contribution in [-0.2, 0) is 0 Å². The fourth-order valence-electron chi connectivity index (χ4n) is 1.93. The van der Waals surface area contributed by atoms with Crippen LogP contribution in [0, 0.1) is 0 Å². The van der Waals surface area contributed by atoms with Gasteiger partial charge in [0.1, 0.15) is 0 Å². The zero-order valence-electron chi connectivity index (χ0n) is 10.3. The van der Waals surface area contributed by atoms with Gasteiger partial charge in [-0.3, -0.25) is 9.97 Å². The van der Waals surface area contributed by atoms with E-state index in [1.54, 1.807) is 6.20 Å². The maximum absolute atomic E-state index is 5.68. The van der Waals surface area contributed by atoms with Crippen molar-refractivity contribution in [3.63, 3.8) is 0 Å². The van der Waals surface area contributed by atoms with Crippen LogP contribution in [0.25, 0.3) is 22.4 Å². The van der Waals surface area contributed by atoms with E-state index in [0.29, 0.717) is 0 Å². The molecule has 0 aliphatic carbocycles. The van der Waals surface area contributed by atoms with Gasteiger partial charge in [-0.1, -0.05) is 18.2 Å². The van der Waals surface area contributed by atoms with E-state index < -0.39 is 0 Å². The highest BCUT2D eigenvalue weighted by atomic mass is 14.7. The lowest BCUT2D eigenvalue weighted by molar-refractivity contribution is 1.28. The number of rotatable bonds is 2. The van der Waals surface area contributed by atoms with Crippen molar-refractivity contribution in [3.05, 3.63) is 67.1 Å². The molecule has 3 rings (SSSR count). The van der Waals surface area contributed by atoms with Gasteiger partial charge >= 0.3 is 0 Å². The summed E-state index contributed by atoms with van der Waals surface area (Å²) in [7, 11) is 0. The molecule has 92 valence electrons. The fourth-order valence-corrected chi connectivity index (χ4v) is 1.93. The zero-order chi connectivity index (χ0) is 13.1. The molecule has 0 radical (unpaired) electrons. The zero-order valence-corrected chi connectivity index (χ0v) is 10.3. The van der Waals surface area contributed by atoms with Gasteiger partial charge in [-0.15, -0.1) is 0 Å². The number of nitrogen functional groups attached to an aromatic ring is 1. The second-order valence-corrected chi connectivity index (χ2v) is 4.30. The third-order valence-electron chi connectivity index (χ3n) is 2.96. The molecule has 3 nitrogen and oxygen atoms in total. The smallest absolute Gasteiger partial charge is 0.0717 e. The third-order valence-corrected chi connectivity index (χ3v) is 2.96. The predicted octanol–water partition coefficient (Wildman–Crippen LogP) is 3.39. The molecule has 3 aromatic rings. The summed E-state index contributed by atoms with van der Waals surface area (Å²) in [6, 6.07) is 15.7. The Balaban J connectivity index is 1.93. The molecule has 19 heavy (non-hydrogen) atoms. The summed E-state index contributed by atoms with van der Waals surface area (Å²) < 4.78 is 0. The first-order chi connectivity index (χ1) is 9.33. The van der Waals surface area contributed by atoms with Crippen molar-refractivity contribution in [2.75, 3.05) is 5.73 Å². The molecule has 3 heteroatoms. The SMILES string of the molecule is Nc1ccc(-c2ccc(-c3cccnc3)nc2)cc1. The van der Waals surface area contributed by atoms with E-state index in [-0.39, 0.29) is 0 Å². The summed E-state index contributed by atoms with van der Waals surface area (Å²) in [5, 5.41) is 0. The minimum absolute atomic E-state index is 0.767. The molecule has 2 heterocycles. The number of hydrogen-bond acceptors (Lipinski definition) is 3. The number of anilines is 1. The Labute approximate surface area is 111 Å². The number of nitrogens with zero attached hydrogens (tertiary/aromatic N) is 2. The molecule has 2 N–H and O–H groups in total. The number of pyridine rings is 2. The molecular formula is C16H13N3. The second-order valence-electron chi connectivity index (χ2n) is 4.30. The topological polar surface area (TPSA) is 51.8 Å². The maximum Gasteiger partial charge on any atom is 0.0717 e. The highest BCUT2D eigenvalue weighted by molar-refractivity contribution is 5.67. The molecule has 1 aromatic carbocycles. The molecule has 0 spiro atoms. The van der Waals surface area contributed by atoms with E-state index in [1.807, 2.05) is 54.9 Å². The van der Waals surface area contributed by atoms with Gasteiger partial charge in [0, 0.05) is 35.4 Å². The fraction of sp³-hybridized carbons (Fsp3) is 0. The second kappa shape index (κ2) is 4.90. The van der Waals surface area contributed by atoms with E-state index >= 15 is 0 Å². The minimum atomic E-state index is 0.767. The van der Waals surface area contributed by atoms with Crippen LogP contribution in [0.15, 0.2) is 67.1 Å². The van der Waals surface area contributed by atoms with E-state index in [2.05, 4.69) is 16.0 Å². The molecule has 0 saturated heterocycles. The Bertz CT molecular complexity index is 659. The summed E-state index contributed by atoms with van der Waals surface area (Å²) in [6.07, 6.45) is 5.44. The number of aromatic nitrogens is 2. The molecule has 0 aliphatic rings. The lowest BCUT2D eigenvalue weighted by Crippen LogP contribution is -1.87. The van der Waals surface area contributed by atoms with Gasteiger partial charge in [0.2, 0.25) is 0 Å². The van der Waals surface area contributed by atoms with Crippen molar-refractivity contribution in [1.82, 2.24) is 9.97 Å². The highest BCUT2D eigenvalue weighted by Gasteiger charge is 2.01. The van der Waals surface area contributed by atoms with Crippen molar-refractivity contribution in [3.8, 4) is 22.4 Å². The van der Waals surface area contributed by atoms with Crippen molar-refractivity contribution in [2.24, 2.45) is 0 Å². The van der Waals surface area contributed by atoms with Crippen LogP contribution in [0.3, 0.4) is 0 Å². The molecule has 0 bridgehead atoms. The van der Waals surface area contributed by atoms with Crippen molar-refractivity contribution in [1.29, 1.82) is 0 Å². The number of hydrogen-bond donors (Lipinski definition) is 1. The first-order valence-corrected chi connectivity index (χ1v) is 6.05. The minimum Gasteiger partial charge on any atom is -0.399 e. The molecule has 0 aliphatic heterocycles. The molecule has 2 aromatic heterocycles. The summed E-state index contributed by atoms with van der Waals surface area (Å²) in [4.78, 5) is 8.57. The Hall–Kier alpha value is -2.68. The maximum atomic E-state index is 5.68. The van der Waals surface area contributed by atoms with E-state index in [0.717, 1.165) is 28.1 Å². The molecule has 0 unspecified atom stereocenters. The van der Waals surface area contributed by atoms with Crippen LogP contribution in [-0.4, -0.2) is 9.97 Å². The van der Waals surface area contributed by atoms with Crippen LogP contribution in [0.2, 0.25) is 0 Å². The first-order valence-electron chi connectivity index (χ1n) is 6.05. The van der Waals surface area contributed by atoms with E-state index in [1.165, 1.54) is 0 Å². The Morgan fingerprint density at radius 2 is 1.53 bits per heavy atom. The average molecular weight is 247 g/mol. The van der Waals surface area contributed by atoms with Gasteiger partial charge in [0.05, 0.1) is 5.69 Å². The molecular weight excluding hydrogens is 234 g/mol. The van der Waals surface area contributed by atoms with Crippen molar-refractivity contribution < 1.29 is 0 Å².